The molecule has 0 aliphatic heterocycles. The molecule has 2 aromatic heterocycles. The van der Waals surface area contributed by atoms with Crippen LogP contribution in [-0.4, -0.2) is 33.5 Å². The first-order valence-electron chi connectivity index (χ1n) is 7.21. The minimum Gasteiger partial charge on any atom is -0.443 e. The number of nitrogens with one attached hydrogen (secondary N) is 3. The Morgan fingerprint density at radius 3 is 2.75 bits per heavy atom. The third-order valence-electron chi connectivity index (χ3n) is 3.29. The first kappa shape index (κ1) is 15.5. The Labute approximate surface area is 137 Å². The monoisotopic (exact) mass is 325 g/mol. The van der Waals surface area contributed by atoms with Crippen LogP contribution in [0.4, 0.5) is 5.69 Å². The lowest BCUT2D eigenvalue weighted by Gasteiger charge is -2.05. The van der Waals surface area contributed by atoms with Gasteiger partial charge >= 0.3 is 0 Å². The van der Waals surface area contributed by atoms with E-state index in [1.165, 1.54) is 18.8 Å². The maximum absolute atomic E-state index is 12.2. The van der Waals surface area contributed by atoms with Crippen LogP contribution >= 0.6 is 0 Å². The van der Waals surface area contributed by atoms with E-state index in [0.29, 0.717) is 11.4 Å². The summed E-state index contributed by atoms with van der Waals surface area (Å²) >= 11 is 0. The minimum atomic E-state index is -0.485. The van der Waals surface area contributed by atoms with Gasteiger partial charge < -0.3 is 15.1 Å². The molecule has 0 bridgehead atoms. The van der Waals surface area contributed by atoms with Gasteiger partial charge in [0.1, 0.15) is 0 Å². The molecule has 24 heavy (non-hydrogen) atoms. The maximum Gasteiger partial charge on any atom is 0.274 e. The van der Waals surface area contributed by atoms with Crippen LogP contribution in [0, 0.1) is 6.92 Å². The number of aryl methyl sites for hydroxylation is 1. The van der Waals surface area contributed by atoms with Crippen molar-refractivity contribution in [2.75, 3.05) is 11.9 Å². The molecule has 0 atom stereocenters. The highest BCUT2D eigenvalue weighted by atomic mass is 16.3. The molecule has 0 saturated carbocycles. The van der Waals surface area contributed by atoms with E-state index < -0.39 is 5.91 Å². The van der Waals surface area contributed by atoms with E-state index in [1.54, 1.807) is 0 Å². The van der Waals surface area contributed by atoms with E-state index >= 15 is 0 Å². The number of aromatic amines is 1. The van der Waals surface area contributed by atoms with Crippen LogP contribution in [-0.2, 0) is 4.79 Å². The van der Waals surface area contributed by atoms with Gasteiger partial charge in [0.05, 0.1) is 18.4 Å². The molecule has 0 aliphatic carbocycles. The highest BCUT2D eigenvalue weighted by Crippen LogP contribution is 2.23. The van der Waals surface area contributed by atoms with Crippen molar-refractivity contribution in [1.82, 2.24) is 20.5 Å². The maximum atomic E-state index is 12.2. The van der Waals surface area contributed by atoms with Crippen molar-refractivity contribution >= 4 is 17.5 Å². The van der Waals surface area contributed by atoms with Crippen molar-refractivity contribution in [1.29, 1.82) is 0 Å². The van der Waals surface area contributed by atoms with E-state index in [0.717, 1.165) is 11.1 Å². The van der Waals surface area contributed by atoms with Gasteiger partial charge in [-0.3, -0.25) is 14.7 Å². The van der Waals surface area contributed by atoms with E-state index in [1.807, 2.05) is 31.2 Å². The lowest BCUT2D eigenvalue weighted by Crippen LogP contribution is -2.33. The Morgan fingerprint density at radius 1 is 1.25 bits per heavy atom. The summed E-state index contributed by atoms with van der Waals surface area (Å²) < 4.78 is 5.32. The van der Waals surface area contributed by atoms with E-state index in [-0.39, 0.29) is 18.1 Å². The Morgan fingerprint density at radius 2 is 2.04 bits per heavy atom. The Balaban J connectivity index is 1.64. The number of oxazole rings is 1. The van der Waals surface area contributed by atoms with Gasteiger partial charge in [0.15, 0.2) is 17.8 Å². The number of amides is 2. The van der Waals surface area contributed by atoms with Gasteiger partial charge in [-0.15, -0.1) is 0 Å². The summed E-state index contributed by atoms with van der Waals surface area (Å²) in [5, 5.41) is 11.4. The third kappa shape index (κ3) is 3.49. The van der Waals surface area contributed by atoms with Gasteiger partial charge in [0, 0.05) is 11.8 Å². The highest BCUT2D eigenvalue weighted by Gasteiger charge is 2.18. The van der Waals surface area contributed by atoms with Crippen molar-refractivity contribution in [2.24, 2.45) is 0 Å². The summed E-state index contributed by atoms with van der Waals surface area (Å²) in [5.41, 5.74) is 2.50. The highest BCUT2D eigenvalue weighted by molar-refractivity contribution is 6.01. The predicted octanol–water partition coefficient (Wildman–Crippen LogP) is 1.74. The van der Waals surface area contributed by atoms with Crippen LogP contribution in [0.2, 0.25) is 0 Å². The molecule has 3 N–H and O–H groups in total. The summed E-state index contributed by atoms with van der Waals surface area (Å²) in [6, 6.07) is 7.52. The SMILES string of the molecule is Cc1ccc(-c2ocnc2C(=O)NCC(=O)Nc2cn[nH]c2)cc1. The molecular formula is C16H15N5O3. The van der Waals surface area contributed by atoms with E-state index in [9.17, 15) is 9.59 Å². The Kier molecular flexibility index (Phi) is 4.37. The number of benzene rings is 1. The van der Waals surface area contributed by atoms with Crippen LogP contribution in [0.1, 0.15) is 16.1 Å². The van der Waals surface area contributed by atoms with E-state index in [4.69, 9.17) is 4.42 Å². The summed E-state index contributed by atoms with van der Waals surface area (Å²) in [7, 11) is 0. The number of H-pyrrole nitrogens is 1. The van der Waals surface area contributed by atoms with Crippen LogP contribution < -0.4 is 10.6 Å². The molecule has 2 amide bonds. The zero-order chi connectivity index (χ0) is 16.9. The van der Waals surface area contributed by atoms with Gasteiger partial charge in [0.2, 0.25) is 5.91 Å². The lowest BCUT2D eigenvalue weighted by molar-refractivity contribution is -0.115. The van der Waals surface area contributed by atoms with Crippen LogP contribution in [0.5, 0.6) is 0 Å². The molecular weight excluding hydrogens is 310 g/mol. The van der Waals surface area contributed by atoms with Gasteiger partial charge in [-0.25, -0.2) is 4.98 Å². The second kappa shape index (κ2) is 6.78. The fourth-order valence-electron chi connectivity index (χ4n) is 2.09. The molecule has 3 aromatic rings. The zero-order valence-electron chi connectivity index (χ0n) is 12.9. The third-order valence-corrected chi connectivity index (χ3v) is 3.29. The largest absolute Gasteiger partial charge is 0.443 e. The topological polar surface area (TPSA) is 113 Å². The average Bonchev–Trinajstić information content (AvgIpc) is 3.25. The molecule has 8 nitrogen and oxygen atoms in total. The molecule has 0 aliphatic rings. The van der Waals surface area contributed by atoms with Gasteiger partial charge in [0.25, 0.3) is 5.91 Å². The van der Waals surface area contributed by atoms with Crippen LogP contribution in [0.25, 0.3) is 11.3 Å². The average molecular weight is 325 g/mol. The van der Waals surface area contributed by atoms with Crippen molar-refractivity contribution in [2.45, 2.75) is 6.92 Å². The predicted molar refractivity (Wildman–Crippen MR) is 86.2 cm³/mol. The number of aromatic nitrogens is 3. The smallest absolute Gasteiger partial charge is 0.274 e. The second-order valence-corrected chi connectivity index (χ2v) is 5.11. The van der Waals surface area contributed by atoms with Gasteiger partial charge in [-0.1, -0.05) is 29.8 Å². The van der Waals surface area contributed by atoms with E-state index in [2.05, 4.69) is 25.8 Å². The quantitative estimate of drug-likeness (QED) is 0.661. The molecule has 0 fully saturated rings. The molecule has 0 saturated heterocycles. The minimum absolute atomic E-state index is 0.134. The summed E-state index contributed by atoms with van der Waals surface area (Å²) in [6.45, 7) is 1.78. The van der Waals surface area contributed by atoms with Crippen molar-refractivity contribution in [3.05, 3.63) is 54.3 Å². The number of anilines is 1. The number of rotatable bonds is 5. The first-order valence-corrected chi connectivity index (χ1v) is 7.21. The first-order chi connectivity index (χ1) is 11.6. The number of carbonyl (C=O) groups is 2. The normalized spacial score (nSPS) is 10.4. The molecule has 8 heteroatoms. The molecule has 0 unspecified atom stereocenters. The van der Waals surface area contributed by atoms with Gasteiger partial charge in [-0.05, 0) is 6.92 Å². The molecule has 3 rings (SSSR count). The van der Waals surface area contributed by atoms with Crippen molar-refractivity contribution < 1.29 is 14.0 Å². The van der Waals surface area contributed by atoms with Crippen LogP contribution in [0.15, 0.2) is 47.5 Å². The fourth-order valence-corrected chi connectivity index (χ4v) is 2.09. The summed E-state index contributed by atoms with van der Waals surface area (Å²) in [5.74, 6) is -0.491. The molecule has 1 aromatic carbocycles. The molecule has 2 heterocycles. The van der Waals surface area contributed by atoms with Crippen LogP contribution in [0.3, 0.4) is 0 Å². The summed E-state index contributed by atoms with van der Waals surface area (Å²) in [4.78, 5) is 28.0. The Hall–Kier alpha value is -3.42. The Bertz CT molecular complexity index is 837. The summed E-state index contributed by atoms with van der Waals surface area (Å²) in [6.07, 6.45) is 4.20. The van der Waals surface area contributed by atoms with Crippen molar-refractivity contribution in [3.8, 4) is 11.3 Å². The number of hydrogen-bond donors (Lipinski definition) is 3. The number of hydrogen-bond acceptors (Lipinski definition) is 5. The molecule has 0 radical (unpaired) electrons. The van der Waals surface area contributed by atoms with Gasteiger partial charge in [-0.2, -0.15) is 5.10 Å². The second-order valence-electron chi connectivity index (χ2n) is 5.11. The van der Waals surface area contributed by atoms with Crippen molar-refractivity contribution in [3.63, 3.8) is 0 Å². The molecule has 0 spiro atoms. The number of carbonyl (C=O) groups excluding carboxylic acids is 2. The molecule has 122 valence electrons. The lowest BCUT2D eigenvalue weighted by atomic mass is 10.1. The number of nitrogens with zero attached hydrogens (tertiary/aromatic N) is 2. The zero-order valence-corrected chi connectivity index (χ0v) is 12.9. The standard InChI is InChI=1S/C16H15N5O3/c1-10-2-4-11(5-3-10)15-14(18-9-24-15)16(23)17-8-13(22)21-12-6-19-20-7-12/h2-7,9H,8H2,1H3,(H,17,23)(H,19,20)(H,21,22). The fraction of sp³-hybridized carbons (Fsp3) is 0.125.